The molecule has 122 valence electrons. The van der Waals surface area contributed by atoms with E-state index in [2.05, 4.69) is 13.8 Å². The Hall–Kier alpha value is 0.250. The van der Waals surface area contributed by atoms with Crippen LogP contribution in [0.5, 0.6) is 0 Å². The second kappa shape index (κ2) is 14.2. The van der Waals surface area contributed by atoms with Crippen LogP contribution >= 0.6 is 0 Å². The fourth-order valence-electron chi connectivity index (χ4n) is 3.51. The number of quaternary nitrogens is 1. The Kier molecular flexibility index (Phi) is 14.4. The number of hydrogen-bond donors (Lipinski definition) is 1. The number of halogens is 1. The van der Waals surface area contributed by atoms with Crippen molar-refractivity contribution < 1.29 is 17.3 Å². The normalized spacial score (nSPS) is 22.5. The van der Waals surface area contributed by atoms with Crippen LogP contribution in [0.1, 0.15) is 90.9 Å². The molecule has 1 nitrogen and oxygen atoms in total. The summed E-state index contributed by atoms with van der Waals surface area (Å²) in [4.78, 5) is 1.90. The van der Waals surface area contributed by atoms with Gasteiger partial charge in [0.1, 0.15) is 0 Å². The van der Waals surface area contributed by atoms with Crippen LogP contribution < -0.4 is 17.3 Å². The Morgan fingerprint density at radius 1 is 0.850 bits per heavy atom. The van der Waals surface area contributed by atoms with E-state index in [0.29, 0.717) is 0 Å². The highest BCUT2D eigenvalue weighted by molar-refractivity contribution is 4.59. The van der Waals surface area contributed by atoms with Crippen molar-refractivity contribution in [2.45, 2.75) is 90.9 Å². The molecule has 0 bridgehead atoms. The average Bonchev–Trinajstić information content (AvgIpc) is 2.46. The van der Waals surface area contributed by atoms with Crippen molar-refractivity contribution >= 4 is 0 Å². The van der Waals surface area contributed by atoms with E-state index in [1.165, 1.54) is 96.7 Å². The first kappa shape index (κ1) is 20.2. The van der Waals surface area contributed by atoms with Crippen molar-refractivity contribution in [3.63, 3.8) is 0 Å². The first-order valence-electron chi connectivity index (χ1n) is 9.20. The molecule has 20 heavy (non-hydrogen) atoms. The highest BCUT2D eigenvalue weighted by Gasteiger charge is 2.20. The lowest BCUT2D eigenvalue weighted by molar-refractivity contribution is -0.909. The Morgan fingerprint density at radius 2 is 1.45 bits per heavy atom. The van der Waals surface area contributed by atoms with Crippen LogP contribution in [-0.4, -0.2) is 19.6 Å². The summed E-state index contributed by atoms with van der Waals surface area (Å²) in [5.41, 5.74) is 0. The maximum atomic E-state index is 2.37. The lowest BCUT2D eigenvalue weighted by Crippen LogP contribution is -3.13. The molecule has 0 spiro atoms. The summed E-state index contributed by atoms with van der Waals surface area (Å²) >= 11 is 0. The Labute approximate surface area is 134 Å². The molecule has 1 saturated heterocycles. The molecule has 1 fully saturated rings. The van der Waals surface area contributed by atoms with E-state index in [-0.39, 0.29) is 12.4 Å². The molecule has 2 heteroatoms. The summed E-state index contributed by atoms with van der Waals surface area (Å²) in [7, 11) is 0. The number of hydrogen-bond acceptors (Lipinski definition) is 0. The largest absolute Gasteiger partial charge is 1.00 e. The van der Waals surface area contributed by atoms with E-state index in [9.17, 15) is 0 Å². The van der Waals surface area contributed by atoms with Crippen LogP contribution in [0.2, 0.25) is 0 Å². The molecule has 0 saturated carbocycles. The van der Waals surface area contributed by atoms with Crippen LogP contribution in [0.3, 0.4) is 0 Å². The molecule has 1 rings (SSSR count). The van der Waals surface area contributed by atoms with Gasteiger partial charge in [-0.2, -0.15) is 0 Å². The summed E-state index contributed by atoms with van der Waals surface area (Å²) in [6.07, 6.45) is 17.5. The van der Waals surface area contributed by atoms with Crippen LogP contribution in [0.25, 0.3) is 0 Å². The van der Waals surface area contributed by atoms with E-state index >= 15 is 0 Å². The highest BCUT2D eigenvalue weighted by atomic mass is 35.5. The van der Waals surface area contributed by atoms with Gasteiger partial charge in [0.25, 0.3) is 0 Å². The molecule has 2 unspecified atom stereocenters. The second-order valence-corrected chi connectivity index (χ2v) is 6.70. The van der Waals surface area contributed by atoms with Crippen molar-refractivity contribution in [3.05, 3.63) is 0 Å². The van der Waals surface area contributed by atoms with Crippen molar-refractivity contribution in [1.82, 2.24) is 0 Å². The van der Waals surface area contributed by atoms with Crippen LogP contribution in [0, 0.1) is 5.92 Å². The fourth-order valence-corrected chi connectivity index (χ4v) is 3.51. The van der Waals surface area contributed by atoms with Crippen molar-refractivity contribution in [3.8, 4) is 0 Å². The molecular formula is C18H38ClN. The van der Waals surface area contributed by atoms with Crippen molar-refractivity contribution in [2.24, 2.45) is 5.92 Å². The number of likely N-dealkylation sites (tertiary alicyclic amines) is 1. The third-order valence-corrected chi connectivity index (χ3v) is 4.93. The maximum Gasteiger partial charge on any atom is 0.0799 e. The minimum absolute atomic E-state index is 0. The SMILES string of the molecule is CCCCCCCCCCC[NH+]1CCCC(CC)C1.[Cl-]. The first-order valence-corrected chi connectivity index (χ1v) is 9.20. The summed E-state index contributed by atoms with van der Waals surface area (Å²) in [6.45, 7) is 9.03. The zero-order valence-electron chi connectivity index (χ0n) is 14.1. The molecule has 0 amide bonds. The number of unbranched alkanes of at least 4 members (excludes halogenated alkanes) is 8. The lowest BCUT2D eigenvalue weighted by atomic mass is 9.95. The van der Waals surface area contributed by atoms with Crippen LogP contribution in [0.4, 0.5) is 0 Å². The van der Waals surface area contributed by atoms with Gasteiger partial charge in [-0.15, -0.1) is 0 Å². The smallest absolute Gasteiger partial charge is 0.0799 e. The fraction of sp³-hybridized carbons (Fsp3) is 1.00. The third-order valence-electron chi connectivity index (χ3n) is 4.93. The highest BCUT2D eigenvalue weighted by Crippen LogP contribution is 2.11. The minimum Gasteiger partial charge on any atom is -1.00 e. The summed E-state index contributed by atoms with van der Waals surface area (Å²) in [6, 6.07) is 0. The number of nitrogens with one attached hydrogen (secondary N) is 1. The van der Waals surface area contributed by atoms with Crippen LogP contribution in [-0.2, 0) is 0 Å². The number of rotatable bonds is 11. The van der Waals surface area contributed by atoms with Gasteiger partial charge in [-0.1, -0.05) is 58.8 Å². The predicted molar refractivity (Wildman–Crippen MR) is 85.8 cm³/mol. The van der Waals surface area contributed by atoms with E-state index in [0.717, 1.165) is 5.92 Å². The minimum atomic E-state index is 0. The summed E-state index contributed by atoms with van der Waals surface area (Å²) in [5.74, 6) is 1.03. The molecular weight excluding hydrogens is 266 g/mol. The van der Waals surface area contributed by atoms with Crippen LogP contribution in [0.15, 0.2) is 0 Å². The van der Waals surface area contributed by atoms with Gasteiger partial charge in [0.05, 0.1) is 19.6 Å². The predicted octanol–water partition coefficient (Wildman–Crippen LogP) is 1.23. The molecule has 0 aliphatic carbocycles. The average molecular weight is 304 g/mol. The molecule has 1 aliphatic heterocycles. The molecule has 1 heterocycles. The summed E-state index contributed by atoms with van der Waals surface area (Å²) in [5, 5.41) is 0. The molecule has 0 radical (unpaired) electrons. The van der Waals surface area contributed by atoms with Gasteiger partial charge in [-0.05, 0) is 32.1 Å². The maximum absolute atomic E-state index is 2.37. The van der Waals surface area contributed by atoms with Gasteiger partial charge in [0.2, 0.25) is 0 Å². The quantitative estimate of drug-likeness (QED) is 0.548. The van der Waals surface area contributed by atoms with Gasteiger partial charge in [0.15, 0.2) is 0 Å². The molecule has 0 aromatic rings. The molecule has 1 aliphatic rings. The van der Waals surface area contributed by atoms with Gasteiger partial charge < -0.3 is 17.3 Å². The van der Waals surface area contributed by atoms with E-state index in [1.54, 1.807) is 0 Å². The van der Waals surface area contributed by atoms with Gasteiger partial charge in [0, 0.05) is 5.92 Å². The molecule has 0 aromatic heterocycles. The van der Waals surface area contributed by atoms with E-state index in [1.807, 2.05) is 4.90 Å². The molecule has 0 aromatic carbocycles. The van der Waals surface area contributed by atoms with Crippen molar-refractivity contribution in [1.29, 1.82) is 0 Å². The first-order chi connectivity index (χ1) is 9.36. The standard InChI is InChI=1S/C18H37N.ClH/c1-3-5-6-7-8-9-10-11-12-15-19-16-13-14-18(4-2)17-19;/h18H,3-17H2,1-2H3;1H. The van der Waals surface area contributed by atoms with Gasteiger partial charge in [-0.25, -0.2) is 0 Å². The zero-order valence-corrected chi connectivity index (χ0v) is 14.8. The Balaban J connectivity index is 0.00000361. The van der Waals surface area contributed by atoms with Gasteiger partial charge in [-0.3, -0.25) is 0 Å². The summed E-state index contributed by atoms with van der Waals surface area (Å²) < 4.78 is 0. The topological polar surface area (TPSA) is 4.44 Å². The zero-order chi connectivity index (χ0) is 13.8. The Bertz CT molecular complexity index is 196. The monoisotopic (exact) mass is 303 g/mol. The lowest BCUT2D eigenvalue weighted by Gasteiger charge is -2.29. The number of piperidine rings is 1. The third kappa shape index (κ3) is 10.0. The molecule has 1 N–H and O–H groups in total. The van der Waals surface area contributed by atoms with Crippen molar-refractivity contribution in [2.75, 3.05) is 19.6 Å². The van der Waals surface area contributed by atoms with E-state index in [4.69, 9.17) is 0 Å². The van der Waals surface area contributed by atoms with Gasteiger partial charge >= 0.3 is 0 Å². The second-order valence-electron chi connectivity index (χ2n) is 6.70. The molecule has 2 atom stereocenters. The Morgan fingerprint density at radius 3 is 2.05 bits per heavy atom. The van der Waals surface area contributed by atoms with E-state index < -0.39 is 0 Å².